The van der Waals surface area contributed by atoms with E-state index >= 15 is 0 Å². The van der Waals surface area contributed by atoms with Crippen molar-refractivity contribution < 1.29 is 4.74 Å². The monoisotopic (exact) mass is 621 g/mol. The molecule has 0 saturated heterocycles. The first kappa shape index (κ1) is 24.9. The molecule has 0 amide bonds. The van der Waals surface area contributed by atoms with Crippen molar-refractivity contribution in [3.63, 3.8) is 0 Å². The van der Waals surface area contributed by atoms with Crippen LogP contribution >= 0.6 is 55.1 Å². The molecule has 0 bridgehead atoms. The highest BCUT2D eigenvalue weighted by Gasteiger charge is 2.14. The van der Waals surface area contributed by atoms with Gasteiger partial charge in [-0.2, -0.15) is 9.78 Å². The third-order valence-electron chi connectivity index (χ3n) is 5.03. The molecule has 0 aliphatic rings. The summed E-state index contributed by atoms with van der Waals surface area (Å²) in [6.45, 7) is 4.20. The van der Waals surface area contributed by atoms with Crippen molar-refractivity contribution in [2.24, 2.45) is 5.10 Å². The molecule has 1 heterocycles. The van der Waals surface area contributed by atoms with Gasteiger partial charge in [0.15, 0.2) is 0 Å². The Morgan fingerprint density at radius 2 is 1.79 bits per heavy atom. The Balaban J connectivity index is 1.72. The van der Waals surface area contributed by atoms with Gasteiger partial charge in [0.1, 0.15) is 18.2 Å². The number of hydrogen-bond acceptors (Lipinski definition) is 4. The minimum atomic E-state index is -0.239. The second-order valence-electron chi connectivity index (χ2n) is 7.85. The maximum absolute atomic E-state index is 13.3. The van der Waals surface area contributed by atoms with E-state index in [0.717, 1.165) is 14.5 Å². The average molecular weight is 624 g/mol. The van der Waals surface area contributed by atoms with Gasteiger partial charge in [-0.15, -0.1) is 0 Å². The van der Waals surface area contributed by atoms with E-state index < -0.39 is 0 Å². The lowest BCUT2D eigenvalue weighted by Crippen LogP contribution is -2.23. The first-order chi connectivity index (χ1) is 16.2. The molecule has 0 saturated carbocycles. The fourth-order valence-electron chi connectivity index (χ4n) is 3.32. The molecule has 0 radical (unpaired) electrons. The van der Waals surface area contributed by atoms with Gasteiger partial charge in [0.25, 0.3) is 5.56 Å². The fourth-order valence-corrected chi connectivity index (χ4v) is 4.52. The molecule has 0 atom stereocenters. The minimum absolute atomic E-state index is 0.0110. The van der Waals surface area contributed by atoms with Crippen LogP contribution in [0, 0.1) is 0 Å². The number of fused-ring (bicyclic) bond motifs is 1. The molecule has 0 spiro atoms. The highest BCUT2D eigenvalue weighted by molar-refractivity contribution is 9.10. The van der Waals surface area contributed by atoms with E-state index in [1.54, 1.807) is 24.4 Å². The van der Waals surface area contributed by atoms with Gasteiger partial charge in [0.05, 0.1) is 17.1 Å². The Hall–Kier alpha value is -2.19. The lowest BCUT2D eigenvalue weighted by atomic mass is 10.2. The molecule has 4 aromatic rings. The number of aromatic nitrogens is 2. The number of ether oxygens (including phenoxy) is 1. The van der Waals surface area contributed by atoms with Crippen molar-refractivity contribution in [1.29, 1.82) is 0 Å². The summed E-state index contributed by atoms with van der Waals surface area (Å²) >= 11 is 19.2. The zero-order chi connectivity index (χ0) is 24.4. The Labute approximate surface area is 223 Å². The van der Waals surface area contributed by atoms with E-state index in [4.69, 9.17) is 27.9 Å². The molecule has 1 aromatic heterocycles. The Kier molecular flexibility index (Phi) is 7.77. The van der Waals surface area contributed by atoms with Crippen LogP contribution in [0.5, 0.6) is 5.75 Å². The topological polar surface area (TPSA) is 56.5 Å². The molecule has 4 rings (SSSR count). The van der Waals surface area contributed by atoms with Crippen LogP contribution in [-0.2, 0) is 6.61 Å². The summed E-state index contributed by atoms with van der Waals surface area (Å²) in [4.78, 5) is 18.0. The third-order valence-corrected chi connectivity index (χ3v) is 6.61. The third kappa shape index (κ3) is 5.54. The van der Waals surface area contributed by atoms with Crippen LogP contribution < -0.4 is 10.3 Å². The standard InChI is InChI=1S/C25H19Br2Cl2N3O2/c1-14(2)24-31-22-7-4-18(27)10-20(22)25(33)32(24)30-12-16-9-17(26)5-8-23(16)34-13-15-3-6-19(28)11-21(15)29/h3-12,14H,13H2,1-2H3. The van der Waals surface area contributed by atoms with Crippen LogP contribution in [0.4, 0.5) is 0 Å². The number of rotatable bonds is 6. The van der Waals surface area contributed by atoms with Gasteiger partial charge in [-0.3, -0.25) is 4.79 Å². The smallest absolute Gasteiger partial charge is 0.282 e. The van der Waals surface area contributed by atoms with Gasteiger partial charge >= 0.3 is 0 Å². The molecule has 34 heavy (non-hydrogen) atoms. The summed E-state index contributed by atoms with van der Waals surface area (Å²) in [5.74, 6) is 1.15. The van der Waals surface area contributed by atoms with Crippen molar-refractivity contribution in [3.05, 3.63) is 101 Å². The normalized spacial score (nSPS) is 11.6. The van der Waals surface area contributed by atoms with Crippen LogP contribution in [0.15, 0.2) is 73.4 Å². The summed E-state index contributed by atoms with van der Waals surface area (Å²) < 4.78 is 9.03. The van der Waals surface area contributed by atoms with E-state index in [-0.39, 0.29) is 18.1 Å². The first-order valence-corrected chi connectivity index (χ1v) is 12.7. The summed E-state index contributed by atoms with van der Waals surface area (Å²) in [6, 6.07) is 16.3. The maximum Gasteiger partial charge on any atom is 0.282 e. The lowest BCUT2D eigenvalue weighted by molar-refractivity contribution is 0.306. The Bertz CT molecular complexity index is 1470. The molecular formula is C25H19Br2Cl2N3O2. The van der Waals surface area contributed by atoms with Crippen molar-refractivity contribution in [2.45, 2.75) is 26.4 Å². The van der Waals surface area contributed by atoms with Gasteiger partial charge in [0, 0.05) is 36.0 Å². The summed E-state index contributed by atoms with van der Waals surface area (Å²) in [7, 11) is 0. The van der Waals surface area contributed by atoms with Crippen LogP contribution in [0.3, 0.4) is 0 Å². The van der Waals surface area contributed by atoms with Gasteiger partial charge < -0.3 is 4.74 Å². The van der Waals surface area contributed by atoms with E-state index in [1.165, 1.54) is 4.68 Å². The highest BCUT2D eigenvalue weighted by Crippen LogP contribution is 2.26. The number of hydrogen-bond donors (Lipinski definition) is 0. The van der Waals surface area contributed by atoms with E-state index in [2.05, 4.69) is 41.9 Å². The van der Waals surface area contributed by atoms with Crippen LogP contribution in [0.2, 0.25) is 10.0 Å². The predicted molar refractivity (Wildman–Crippen MR) is 146 cm³/mol. The minimum Gasteiger partial charge on any atom is -0.488 e. The molecule has 0 fully saturated rings. The number of nitrogens with zero attached hydrogens (tertiary/aromatic N) is 3. The molecule has 9 heteroatoms. The quantitative estimate of drug-likeness (QED) is 0.206. The van der Waals surface area contributed by atoms with E-state index in [9.17, 15) is 4.79 Å². The molecular weight excluding hydrogens is 605 g/mol. The van der Waals surface area contributed by atoms with Crippen molar-refractivity contribution >= 4 is 72.2 Å². The SMILES string of the molecule is CC(C)c1nc2ccc(Br)cc2c(=O)n1N=Cc1cc(Br)ccc1OCc1ccc(Cl)cc1Cl. The summed E-state index contributed by atoms with van der Waals surface area (Å²) in [6.07, 6.45) is 1.60. The van der Waals surface area contributed by atoms with E-state index in [0.29, 0.717) is 38.1 Å². The molecule has 174 valence electrons. The molecule has 0 aliphatic heterocycles. The first-order valence-electron chi connectivity index (χ1n) is 10.4. The van der Waals surface area contributed by atoms with Crippen molar-refractivity contribution in [3.8, 4) is 5.75 Å². The van der Waals surface area contributed by atoms with Crippen LogP contribution in [0.25, 0.3) is 10.9 Å². The van der Waals surface area contributed by atoms with Crippen molar-refractivity contribution in [1.82, 2.24) is 9.66 Å². The second kappa shape index (κ2) is 10.6. The summed E-state index contributed by atoms with van der Waals surface area (Å²) in [5, 5.41) is 6.10. The zero-order valence-corrected chi connectivity index (χ0v) is 22.9. The van der Waals surface area contributed by atoms with Crippen LogP contribution in [-0.4, -0.2) is 15.9 Å². The number of halogens is 4. The van der Waals surface area contributed by atoms with Gasteiger partial charge in [-0.1, -0.05) is 75.0 Å². The van der Waals surface area contributed by atoms with Gasteiger partial charge in [-0.05, 0) is 48.5 Å². The summed E-state index contributed by atoms with van der Waals surface area (Å²) in [5.41, 5.74) is 1.89. The largest absolute Gasteiger partial charge is 0.488 e. The maximum atomic E-state index is 13.3. The van der Waals surface area contributed by atoms with E-state index in [1.807, 2.05) is 50.2 Å². The Morgan fingerprint density at radius 1 is 1.06 bits per heavy atom. The molecule has 0 N–H and O–H groups in total. The molecule has 3 aromatic carbocycles. The second-order valence-corrected chi connectivity index (χ2v) is 10.5. The zero-order valence-electron chi connectivity index (χ0n) is 18.2. The molecule has 5 nitrogen and oxygen atoms in total. The van der Waals surface area contributed by atoms with Crippen LogP contribution in [0.1, 0.15) is 36.7 Å². The predicted octanol–water partition coefficient (Wildman–Crippen LogP) is 7.81. The average Bonchev–Trinajstić information content (AvgIpc) is 2.79. The lowest BCUT2D eigenvalue weighted by Gasteiger charge is -2.13. The molecule has 0 aliphatic carbocycles. The fraction of sp³-hybridized carbons (Fsp3) is 0.160. The van der Waals surface area contributed by atoms with Gasteiger partial charge in [-0.25, -0.2) is 4.98 Å². The highest BCUT2D eigenvalue weighted by atomic mass is 79.9. The van der Waals surface area contributed by atoms with Crippen molar-refractivity contribution in [2.75, 3.05) is 0 Å². The number of benzene rings is 3. The Morgan fingerprint density at radius 3 is 2.53 bits per heavy atom. The van der Waals surface area contributed by atoms with Gasteiger partial charge in [0.2, 0.25) is 0 Å². The molecule has 0 unspecified atom stereocenters.